The molecule has 0 fully saturated rings. The molecule has 7 heteroatoms. The minimum Gasteiger partial charge on any atom is -0.369 e. The Labute approximate surface area is 113 Å². The van der Waals surface area contributed by atoms with E-state index in [2.05, 4.69) is 33.0 Å². The van der Waals surface area contributed by atoms with E-state index in [1.54, 1.807) is 6.07 Å². The van der Waals surface area contributed by atoms with Crippen LogP contribution in [0.4, 0.5) is 11.6 Å². The number of nitrogens with zero attached hydrogens (tertiary/aromatic N) is 2. The number of rotatable bonds is 8. The Balaban J connectivity index is 2.56. The first-order chi connectivity index (χ1) is 9.19. The number of anilines is 2. The van der Waals surface area contributed by atoms with Crippen LogP contribution in [0.25, 0.3) is 0 Å². The Bertz CT molecular complexity index is 409. The van der Waals surface area contributed by atoms with Crippen LogP contribution in [0.3, 0.4) is 0 Å². The van der Waals surface area contributed by atoms with E-state index < -0.39 is 0 Å². The van der Waals surface area contributed by atoms with E-state index in [0.717, 1.165) is 18.7 Å². The maximum atomic E-state index is 11.3. The monoisotopic (exact) mass is 266 g/mol. The summed E-state index contributed by atoms with van der Waals surface area (Å²) in [6.07, 6.45) is 2.17. The molecule has 0 aliphatic rings. The van der Waals surface area contributed by atoms with E-state index in [9.17, 15) is 4.79 Å². The first-order valence-electron chi connectivity index (χ1n) is 6.54. The fraction of sp³-hybridized carbons (Fsp3) is 0.583. The lowest BCUT2D eigenvalue weighted by Crippen LogP contribution is -2.25. The van der Waals surface area contributed by atoms with Crippen molar-refractivity contribution in [3.63, 3.8) is 0 Å². The number of hydrazine groups is 1. The van der Waals surface area contributed by atoms with Gasteiger partial charge in [-0.25, -0.2) is 15.8 Å². The molecule has 0 saturated heterocycles. The molecule has 0 radical (unpaired) electrons. The summed E-state index contributed by atoms with van der Waals surface area (Å²) in [5.74, 6) is 7.37. The quantitative estimate of drug-likeness (QED) is 0.407. The number of hydrogen-bond acceptors (Lipinski definition) is 6. The smallest absolute Gasteiger partial charge is 0.221 e. The summed E-state index contributed by atoms with van der Waals surface area (Å²) in [5.41, 5.74) is 2.52. The number of nitrogen functional groups attached to an aromatic ring is 1. The lowest BCUT2D eigenvalue weighted by Gasteiger charge is -2.09. The highest BCUT2D eigenvalue weighted by molar-refractivity contribution is 5.76. The molecule has 106 valence electrons. The van der Waals surface area contributed by atoms with E-state index in [0.29, 0.717) is 31.1 Å². The largest absolute Gasteiger partial charge is 0.369 e. The number of carbonyl (C=O) groups is 1. The van der Waals surface area contributed by atoms with Crippen molar-refractivity contribution in [2.24, 2.45) is 5.84 Å². The molecule has 1 aromatic heterocycles. The molecule has 0 aliphatic carbocycles. The zero-order valence-electron chi connectivity index (χ0n) is 11.5. The lowest BCUT2D eigenvalue weighted by molar-refractivity contribution is -0.120. The molecule has 0 aliphatic heterocycles. The third kappa shape index (κ3) is 5.52. The molecule has 0 atom stereocenters. The Morgan fingerprint density at radius 2 is 2.05 bits per heavy atom. The Hall–Kier alpha value is -1.89. The second kappa shape index (κ2) is 8.25. The number of amides is 1. The highest BCUT2D eigenvalue weighted by Crippen LogP contribution is 2.11. The number of carbonyl (C=O) groups excluding carboxylic acids is 1. The molecule has 1 rings (SSSR count). The highest BCUT2D eigenvalue weighted by Gasteiger charge is 2.04. The number of aryl methyl sites for hydroxylation is 1. The van der Waals surface area contributed by atoms with Crippen LogP contribution in [0.15, 0.2) is 6.07 Å². The van der Waals surface area contributed by atoms with E-state index in [1.807, 2.05) is 6.92 Å². The van der Waals surface area contributed by atoms with Gasteiger partial charge in [-0.15, -0.1) is 0 Å². The third-order valence-electron chi connectivity index (χ3n) is 2.43. The van der Waals surface area contributed by atoms with Crippen molar-refractivity contribution in [2.45, 2.75) is 33.1 Å². The standard InChI is InChI=1S/C12H22N6O/c1-3-5-9-16-10(8-11(17-9)18-13)15-7-6-12(19)14-4-2/h8H,3-7,13H2,1-2H3,(H,14,19)(H2,15,16,17,18). The number of nitrogens with one attached hydrogen (secondary N) is 3. The lowest BCUT2D eigenvalue weighted by atomic mass is 10.3. The van der Waals surface area contributed by atoms with Gasteiger partial charge < -0.3 is 16.1 Å². The van der Waals surface area contributed by atoms with Crippen molar-refractivity contribution < 1.29 is 4.79 Å². The molecule has 0 aromatic carbocycles. The molecule has 1 amide bonds. The highest BCUT2D eigenvalue weighted by atomic mass is 16.1. The van der Waals surface area contributed by atoms with Gasteiger partial charge in [-0.2, -0.15) is 0 Å². The summed E-state index contributed by atoms with van der Waals surface area (Å²) in [7, 11) is 0. The molecule has 1 aromatic rings. The summed E-state index contributed by atoms with van der Waals surface area (Å²) in [5, 5.41) is 5.84. The fourth-order valence-electron chi connectivity index (χ4n) is 1.59. The molecule has 7 nitrogen and oxygen atoms in total. The van der Waals surface area contributed by atoms with Gasteiger partial charge in [-0.1, -0.05) is 6.92 Å². The topological polar surface area (TPSA) is 105 Å². The molecular formula is C12H22N6O. The van der Waals surface area contributed by atoms with Crippen molar-refractivity contribution in [1.82, 2.24) is 15.3 Å². The molecular weight excluding hydrogens is 244 g/mol. The number of aromatic nitrogens is 2. The molecule has 0 spiro atoms. The van der Waals surface area contributed by atoms with Crippen molar-refractivity contribution in [1.29, 1.82) is 0 Å². The van der Waals surface area contributed by atoms with E-state index in [-0.39, 0.29) is 5.91 Å². The summed E-state index contributed by atoms with van der Waals surface area (Å²) in [6.45, 7) is 5.13. The predicted octanol–water partition coefficient (Wildman–Crippen LogP) is 0.653. The van der Waals surface area contributed by atoms with E-state index in [4.69, 9.17) is 5.84 Å². The average molecular weight is 266 g/mol. The van der Waals surface area contributed by atoms with Gasteiger partial charge in [0.2, 0.25) is 5.91 Å². The van der Waals surface area contributed by atoms with Crippen LogP contribution in [0.5, 0.6) is 0 Å². The SMILES string of the molecule is CCCc1nc(NN)cc(NCCC(=O)NCC)n1. The molecule has 0 saturated carbocycles. The Kier molecular flexibility index (Phi) is 6.59. The summed E-state index contributed by atoms with van der Waals surface area (Å²) >= 11 is 0. The van der Waals surface area contributed by atoms with Gasteiger partial charge in [0.1, 0.15) is 17.5 Å². The summed E-state index contributed by atoms with van der Waals surface area (Å²) in [4.78, 5) is 19.9. The maximum absolute atomic E-state index is 11.3. The van der Waals surface area contributed by atoms with Crippen LogP contribution in [-0.4, -0.2) is 29.0 Å². The van der Waals surface area contributed by atoms with Gasteiger partial charge in [0.25, 0.3) is 0 Å². The number of hydrogen-bond donors (Lipinski definition) is 4. The maximum Gasteiger partial charge on any atom is 0.221 e. The first kappa shape index (κ1) is 15.2. The summed E-state index contributed by atoms with van der Waals surface area (Å²) < 4.78 is 0. The summed E-state index contributed by atoms with van der Waals surface area (Å²) in [6, 6.07) is 1.72. The van der Waals surface area contributed by atoms with Gasteiger partial charge in [-0.05, 0) is 13.3 Å². The first-order valence-corrected chi connectivity index (χ1v) is 6.54. The molecule has 0 unspecified atom stereocenters. The van der Waals surface area contributed by atoms with Crippen LogP contribution in [0.1, 0.15) is 32.5 Å². The van der Waals surface area contributed by atoms with Gasteiger partial charge in [-0.3, -0.25) is 4.79 Å². The average Bonchev–Trinajstić information content (AvgIpc) is 2.39. The van der Waals surface area contributed by atoms with Crippen molar-refractivity contribution in [3.8, 4) is 0 Å². The van der Waals surface area contributed by atoms with Crippen LogP contribution < -0.4 is 21.9 Å². The molecule has 5 N–H and O–H groups in total. The van der Waals surface area contributed by atoms with Crippen LogP contribution >= 0.6 is 0 Å². The zero-order valence-corrected chi connectivity index (χ0v) is 11.5. The Morgan fingerprint density at radius 3 is 2.68 bits per heavy atom. The number of nitrogens with two attached hydrogens (primary N) is 1. The van der Waals surface area contributed by atoms with Crippen LogP contribution in [0, 0.1) is 0 Å². The fourth-order valence-corrected chi connectivity index (χ4v) is 1.59. The van der Waals surface area contributed by atoms with Gasteiger partial charge >= 0.3 is 0 Å². The third-order valence-corrected chi connectivity index (χ3v) is 2.43. The van der Waals surface area contributed by atoms with Crippen LogP contribution in [-0.2, 0) is 11.2 Å². The zero-order chi connectivity index (χ0) is 14.1. The minimum absolute atomic E-state index is 0.0232. The molecule has 19 heavy (non-hydrogen) atoms. The van der Waals surface area contributed by atoms with Gasteiger partial charge in [0.15, 0.2) is 0 Å². The van der Waals surface area contributed by atoms with Gasteiger partial charge in [0.05, 0.1) is 0 Å². The van der Waals surface area contributed by atoms with E-state index in [1.165, 1.54) is 0 Å². The Morgan fingerprint density at radius 1 is 1.32 bits per heavy atom. The van der Waals surface area contributed by atoms with Crippen molar-refractivity contribution in [3.05, 3.63) is 11.9 Å². The normalized spacial score (nSPS) is 10.1. The minimum atomic E-state index is 0.0232. The van der Waals surface area contributed by atoms with E-state index >= 15 is 0 Å². The van der Waals surface area contributed by atoms with Crippen molar-refractivity contribution >= 4 is 17.5 Å². The van der Waals surface area contributed by atoms with Gasteiger partial charge in [0, 0.05) is 32.0 Å². The molecule has 0 bridgehead atoms. The predicted molar refractivity (Wildman–Crippen MR) is 75.6 cm³/mol. The second-order valence-corrected chi connectivity index (χ2v) is 4.08. The second-order valence-electron chi connectivity index (χ2n) is 4.08. The molecule has 1 heterocycles. The van der Waals surface area contributed by atoms with Crippen LogP contribution in [0.2, 0.25) is 0 Å². The van der Waals surface area contributed by atoms with Crippen molar-refractivity contribution in [2.75, 3.05) is 23.8 Å².